The number of methoxy groups -OCH3 is 1. The van der Waals surface area contributed by atoms with Gasteiger partial charge in [0.2, 0.25) is 0 Å². The summed E-state index contributed by atoms with van der Waals surface area (Å²) >= 11 is 1.46. The average molecular weight is 466 g/mol. The summed E-state index contributed by atoms with van der Waals surface area (Å²) in [5.74, 6) is 0.888. The molecule has 1 amide bonds. The zero-order valence-electron chi connectivity index (χ0n) is 19.3. The summed E-state index contributed by atoms with van der Waals surface area (Å²) in [6.45, 7) is 7.58. The molecule has 0 atom stereocenters. The number of benzene rings is 1. The molecule has 33 heavy (non-hydrogen) atoms. The lowest BCUT2D eigenvalue weighted by Gasteiger charge is -2.34. The zero-order valence-corrected chi connectivity index (χ0v) is 20.1. The van der Waals surface area contributed by atoms with Crippen molar-refractivity contribution in [3.8, 4) is 0 Å². The number of thiophene rings is 1. The maximum absolute atomic E-state index is 13.3. The number of aryl methyl sites for hydroxylation is 1. The monoisotopic (exact) mass is 465 g/mol. The molecular formula is C25H31N5O2S. The molecule has 8 heteroatoms. The fraction of sp³-hybridized carbons (Fsp3) is 0.400. The van der Waals surface area contributed by atoms with E-state index in [9.17, 15) is 4.79 Å². The molecule has 0 radical (unpaired) electrons. The zero-order chi connectivity index (χ0) is 23.0. The summed E-state index contributed by atoms with van der Waals surface area (Å²) in [5, 5.41) is 4.32. The van der Waals surface area contributed by atoms with E-state index < -0.39 is 0 Å². The van der Waals surface area contributed by atoms with Gasteiger partial charge in [0.05, 0.1) is 10.3 Å². The lowest BCUT2D eigenvalue weighted by Crippen LogP contribution is -2.48. The lowest BCUT2D eigenvalue weighted by molar-refractivity contribution is 0.0654. The van der Waals surface area contributed by atoms with E-state index in [1.54, 1.807) is 13.4 Å². The van der Waals surface area contributed by atoms with E-state index >= 15 is 0 Å². The van der Waals surface area contributed by atoms with Gasteiger partial charge in [0, 0.05) is 53.0 Å². The molecule has 1 aromatic carbocycles. The summed E-state index contributed by atoms with van der Waals surface area (Å²) in [6.07, 6.45) is 6.80. The van der Waals surface area contributed by atoms with Gasteiger partial charge in [-0.1, -0.05) is 42.5 Å². The van der Waals surface area contributed by atoms with Crippen LogP contribution in [0.1, 0.15) is 27.2 Å². The molecule has 1 aliphatic rings. The minimum absolute atomic E-state index is 0.0975. The number of amides is 1. The first kappa shape index (κ1) is 23.4. The van der Waals surface area contributed by atoms with Crippen LogP contribution in [0.15, 0.2) is 42.7 Å². The van der Waals surface area contributed by atoms with Crippen LogP contribution in [-0.4, -0.2) is 78.7 Å². The van der Waals surface area contributed by atoms with Gasteiger partial charge in [0.25, 0.3) is 5.91 Å². The molecule has 1 fully saturated rings. The number of fused-ring (bicyclic) bond motifs is 1. The molecule has 1 saturated heterocycles. The van der Waals surface area contributed by atoms with E-state index in [-0.39, 0.29) is 5.91 Å². The number of anilines is 1. The summed E-state index contributed by atoms with van der Waals surface area (Å²) in [4.78, 5) is 28.1. The molecule has 3 aromatic rings. The first-order valence-electron chi connectivity index (χ1n) is 11.4. The standard InChI is InChI=1S/C25H31N5O2S/c1-19-21-23(26-11-7-17-32-2)27-18-28-24(21)33-22(19)25(31)30-15-13-29(14-16-30)12-6-10-20-8-4-3-5-9-20/h3-6,8-10,18H,7,11-17H2,1-2H3,(H,26,27,28)/b10-6+. The molecule has 4 rings (SSSR count). The van der Waals surface area contributed by atoms with E-state index in [0.717, 1.165) is 72.2 Å². The number of carbonyl (C=O) groups is 1. The Morgan fingerprint density at radius 2 is 1.97 bits per heavy atom. The number of piperazine rings is 1. The van der Waals surface area contributed by atoms with Crippen LogP contribution in [-0.2, 0) is 4.74 Å². The van der Waals surface area contributed by atoms with Crippen molar-refractivity contribution in [2.45, 2.75) is 13.3 Å². The van der Waals surface area contributed by atoms with Gasteiger partial charge in [0.1, 0.15) is 17.0 Å². The van der Waals surface area contributed by atoms with E-state index in [1.807, 2.05) is 30.0 Å². The van der Waals surface area contributed by atoms with Crippen LogP contribution >= 0.6 is 11.3 Å². The Kier molecular flexibility index (Phi) is 8.04. The third-order valence-electron chi connectivity index (χ3n) is 5.87. The Hall–Kier alpha value is -2.81. The molecule has 0 bridgehead atoms. The van der Waals surface area contributed by atoms with Crippen molar-refractivity contribution >= 4 is 39.4 Å². The predicted molar refractivity (Wildman–Crippen MR) is 135 cm³/mol. The average Bonchev–Trinajstić information content (AvgIpc) is 3.19. The number of rotatable bonds is 9. The fourth-order valence-electron chi connectivity index (χ4n) is 4.01. The van der Waals surface area contributed by atoms with Crippen molar-refractivity contribution in [3.63, 3.8) is 0 Å². The minimum atomic E-state index is 0.0975. The molecule has 3 heterocycles. The van der Waals surface area contributed by atoms with Crippen LogP contribution in [0, 0.1) is 6.92 Å². The first-order chi connectivity index (χ1) is 16.2. The normalized spacial score (nSPS) is 14.9. The van der Waals surface area contributed by atoms with Gasteiger partial charge < -0.3 is 15.0 Å². The van der Waals surface area contributed by atoms with Crippen molar-refractivity contribution in [1.82, 2.24) is 19.8 Å². The number of ether oxygens (including phenoxy) is 1. The first-order valence-corrected chi connectivity index (χ1v) is 12.2. The Morgan fingerprint density at radius 1 is 1.18 bits per heavy atom. The highest BCUT2D eigenvalue weighted by molar-refractivity contribution is 7.20. The molecule has 0 saturated carbocycles. The number of aromatic nitrogens is 2. The van der Waals surface area contributed by atoms with Crippen LogP contribution in [0.2, 0.25) is 0 Å². The molecule has 0 aliphatic carbocycles. The molecule has 0 spiro atoms. The molecular weight excluding hydrogens is 434 g/mol. The molecule has 2 aromatic heterocycles. The summed E-state index contributed by atoms with van der Waals surface area (Å²) < 4.78 is 5.12. The van der Waals surface area contributed by atoms with Crippen LogP contribution < -0.4 is 5.32 Å². The molecule has 0 unspecified atom stereocenters. The van der Waals surface area contributed by atoms with Gasteiger partial charge >= 0.3 is 0 Å². The van der Waals surface area contributed by atoms with Crippen LogP contribution in [0.3, 0.4) is 0 Å². The Morgan fingerprint density at radius 3 is 2.73 bits per heavy atom. The topological polar surface area (TPSA) is 70.6 Å². The van der Waals surface area contributed by atoms with Crippen LogP contribution in [0.5, 0.6) is 0 Å². The van der Waals surface area contributed by atoms with Crippen molar-refractivity contribution in [2.75, 3.05) is 58.3 Å². The van der Waals surface area contributed by atoms with Gasteiger partial charge in [-0.25, -0.2) is 9.97 Å². The van der Waals surface area contributed by atoms with E-state index in [1.165, 1.54) is 16.9 Å². The SMILES string of the molecule is COCCCNc1ncnc2sc(C(=O)N3CCN(C/C=C/c4ccccc4)CC3)c(C)c12. The smallest absolute Gasteiger partial charge is 0.264 e. The van der Waals surface area contributed by atoms with E-state index in [4.69, 9.17) is 4.74 Å². The van der Waals surface area contributed by atoms with E-state index in [0.29, 0.717) is 6.61 Å². The summed E-state index contributed by atoms with van der Waals surface area (Å²) in [7, 11) is 1.70. The lowest BCUT2D eigenvalue weighted by atomic mass is 10.1. The number of hydrogen-bond acceptors (Lipinski definition) is 7. The quantitative estimate of drug-likeness (QED) is 0.483. The van der Waals surface area contributed by atoms with Gasteiger partial charge in [0.15, 0.2) is 0 Å². The van der Waals surface area contributed by atoms with Gasteiger partial charge in [-0.05, 0) is 24.5 Å². The molecule has 174 valence electrons. The summed E-state index contributed by atoms with van der Waals surface area (Å²) in [6, 6.07) is 10.3. The molecule has 7 nitrogen and oxygen atoms in total. The van der Waals surface area contributed by atoms with E-state index in [2.05, 4.69) is 44.5 Å². The van der Waals surface area contributed by atoms with Gasteiger partial charge in [-0.2, -0.15) is 0 Å². The minimum Gasteiger partial charge on any atom is -0.385 e. The van der Waals surface area contributed by atoms with Crippen LogP contribution in [0.25, 0.3) is 16.3 Å². The van der Waals surface area contributed by atoms with Gasteiger partial charge in [-0.15, -0.1) is 11.3 Å². The third-order valence-corrected chi connectivity index (χ3v) is 7.06. The third kappa shape index (κ3) is 5.76. The predicted octanol–water partition coefficient (Wildman–Crippen LogP) is 3.92. The number of nitrogens with zero attached hydrogens (tertiary/aromatic N) is 4. The highest BCUT2D eigenvalue weighted by Crippen LogP contribution is 2.34. The maximum atomic E-state index is 13.3. The highest BCUT2D eigenvalue weighted by atomic mass is 32.1. The number of nitrogens with one attached hydrogen (secondary N) is 1. The fourth-order valence-corrected chi connectivity index (χ4v) is 5.13. The largest absolute Gasteiger partial charge is 0.385 e. The van der Waals surface area contributed by atoms with Gasteiger partial charge in [-0.3, -0.25) is 9.69 Å². The Bertz CT molecular complexity index is 1090. The summed E-state index contributed by atoms with van der Waals surface area (Å²) in [5.41, 5.74) is 2.17. The Balaban J connectivity index is 1.37. The van der Waals surface area contributed by atoms with Crippen molar-refractivity contribution in [3.05, 3.63) is 58.7 Å². The molecule has 1 N–H and O–H groups in total. The second kappa shape index (κ2) is 11.4. The van der Waals surface area contributed by atoms with Crippen molar-refractivity contribution in [1.29, 1.82) is 0 Å². The second-order valence-corrected chi connectivity index (χ2v) is 9.14. The maximum Gasteiger partial charge on any atom is 0.264 e. The van der Waals surface area contributed by atoms with Crippen molar-refractivity contribution in [2.24, 2.45) is 0 Å². The molecule has 1 aliphatic heterocycles. The number of hydrogen-bond donors (Lipinski definition) is 1. The van der Waals surface area contributed by atoms with Crippen molar-refractivity contribution < 1.29 is 9.53 Å². The number of carbonyl (C=O) groups excluding carboxylic acids is 1. The Labute approximate surface area is 199 Å². The van der Waals surface area contributed by atoms with Crippen LogP contribution in [0.4, 0.5) is 5.82 Å². The highest BCUT2D eigenvalue weighted by Gasteiger charge is 2.26. The second-order valence-electron chi connectivity index (χ2n) is 8.14.